The van der Waals surface area contributed by atoms with E-state index in [4.69, 9.17) is 4.74 Å². The molecule has 0 aromatic heterocycles. The van der Waals surface area contributed by atoms with E-state index in [1.165, 1.54) is 6.07 Å². The van der Waals surface area contributed by atoms with Gasteiger partial charge < -0.3 is 10.1 Å². The number of hydrogen-bond donors (Lipinski definition) is 2. The molecule has 0 heterocycles. The molecule has 1 aliphatic carbocycles. The molecule has 104 valence electrons. The van der Waals surface area contributed by atoms with Gasteiger partial charge >= 0.3 is 6.09 Å². The molecule has 2 rings (SSSR count). The Balaban J connectivity index is 2.03. The van der Waals surface area contributed by atoms with Crippen molar-refractivity contribution in [3.63, 3.8) is 0 Å². The molecule has 2 N–H and O–H groups in total. The maximum atomic E-state index is 13.6. The number of ether oxygens (including phenoxy) is 1. The van der Waals surface area contributed by atoms with Crippen molar-refractivity contribution in [1.29, 1.82) is 0 Å². The second-order valence-electron chi connectivity index (χ2n) is 5.74. The van der Waals surface area contributed by atoms with E-state index in [-0.39, 0.29) is 5.69 Å². The Morgan fingerprint density at radius 2 is 2.05 bits per heavy atom. The topological polar surface area (TPSA) is 50.4 Å². The summed E-state index contributed by atoms with van der Waals surface area (Å²) in [6.45, 7) is 5.27. The van der Waals surface area contributed by atoms with Gasteiger partial charge in [0, 0.05) is 11.7 Å². The van der Waals surface area contributed by atoms with Crippen molar-refractivity contribution in [2.45, 2.75) is 45.3 Å². The summed E-state index contributed by atoms with van der Waals surface area (Å²) in [5.74, 6) is -0.479. The van der Waals surface area contributed by atoms with Gasteiger partial charge in [-0.1, -0.05) is 0 Å². The van der Waals surface area contributed by atoms with Crippen LogP contribution in [0.5, 0.6) is 0 Å². The van der Waals surface area contributed by atoms with Gasteiger partial charge in [-0.3, -0.25) is 5.32 Å². The van der Waals surface area contributed by atoms with Gasteiger partial charge in [-0.05, 0) is 51.8 Å². The molecule has 0 atom stereocenters. The van der Waals surface area contributed by atoms with Gasteiger partial charge in [0.15, 0.2) is 0 Å². The molecule has 1 amide bonds. The van der Waals surface area contributed by atoms with Gasteiger partial charge in [-0.15, -0.1) is 0 Å². The Hall–Kier alpha value is -1.78. The van der Waals surface area contributed by atoms with E-state index in [1.807, 2.05) is 0 Å². The van der Waals surface area contributed by atoms with Crippen molar-refractivity contribution in [1.82, 2.24) is 0 Å². The summed E-state index contributed by atoms with van der Waals surface area (Å²) in [6.07, 6.45) is 1.60. The van der Waals surface area contributed by atoms with Crippen LogP contribution in [0.15, 0.2) is 18.2 Å². The van der Waals surface area contributed by atoms with Crippen LogP contribution < -0.4 is 10.6 Å². The van der Waals surface area contributed by atoms with E-state index in [1.54, 1.807) is 32.9 Å². The third-order valence-corrected chi connectivity index (χ3v) is 2.55. The van der Waals surface area contributed by atoms with Crippen molar-refractivity contribution >= 4 is 17.5 Å². The summed E-state index contributed by atoms with van der Waals surface area (Å²) >= 11 is 0. The van der Waals surface area contributed by atoms with Crippen LogP contribution in [0.1, 0.15) is 33.6 Å². The average molecular weight is 266 g/mol. The van der Waals surface area contributed by atoms with Crippen molar-refractivity contribution in [2.75, 3.05) is 10.6 Å². The number of benzene rings is 1. The molecule has 1 fully saturated rings. The quantitative estimate of drug-likeness (QED) is 0.876. The monoisotopic (exact) mass is 266 g/mol. The molecule has 1 aromatic rings. The number of carbonyl (C=O) groups is 1. The van der Waals surface area contributed by atoms with Crippen LogP contribution in [0.4, 0.5) is 20.6 Å². The number of amides is 1. The lowest BCUT2D eigenvalue weighted by Gasteiger charge is -2.20. The third-order valence-electron chi connectivity index (χ3n) is 2.55. The summed E-state index contributed by atoms with van der Waals surface area (Å²) < 4.78 is 18.7. The number of carbonyl (C=O) groups excluding carboxylic acids is 1. The van der Waals surface area contributed by atoms with Crippen LogP contribution in [0, 0.1) is 5.82 Å². The Labute approximate surface area is 112 Å². The zero-order chi connectivity index (χ0) is 14.0. The lowest BCUT2D eigenvalue weighted by atomic mass is 10.2. The Kier molecular flexibility index (Phi) is 3.64. The standard InChI is InChI=1S/C14H19FN2O2/c1-14(2,3)19-13(18)17-12-8-10(6-7-11(12)15)16-9-4-5-9/h6-9,16H,4-5H2,1-3H3,(H,17,18). The number of rotatable bonds is 3. The summed E-state index contributed by atoms with van der Waals surface area (Å²) in [6, 6.07) is 5.04. The minimum atomic E-state index is -0.657. The first-order valence-corrected chi connectivity index (χ1v) is 6.39. The number of halogens is 1. The molecule has 0 radical (unpaired) electrons. The highest BCUT2D eigenvalue weighted by Crippen LogP contribution is 2.27. The molecule has 0 aliphatic heterocycles. The van der Waals surface area contributed by atoms with Crippen LogP contribution in [0.2, 0.25) is 0 Å². The fourth-order valence-electron chi connectivity index (χ4n) is 1.59. The predicted octanol–water partition coefficient (Wildman–Crippen LogP) is 3.75. The van der Waals surface area contributed by atoms with Crippen LogP contribution in [0.3, 0.4) is 0 Å². The number of nitrogens with one attached hydrogen (secondary N) is 2. The smallest absolute Gasteiger partial charge is 0.412 e. The van der Waals surface area contributed by atoms with Crippen LogP contribution in [-0.4, -0.2) is 17.7 Å². The average Bonchev–Trinajstić information content (AvgIpc) is 3.04. The lowest BCUT2D eigenvalue weighted by Crippen LogP contribution is -2.27. The fraction of sp³-hybridized carbons (Fsp3) is 0.500. The summed E-state index contributed by atoms with van der Waals surface area (Å²) in [5, 5.41) is 5.67. The SMILES string of the molecule is CC(C)(C)OC(=O)Nc1cc(NC2CC2)ccc1F. The second kappa shape index (κ2) is 5.07. The number of hydrogen-bond acceptors (Lipinski definition) is 3. The van der Waals surface area contributed by atoms with Gasteiger partial charge in [-0.25, -0.2) is 9.18 Å². The maximum Gasteiger partial charge on any atom is 0.412 e. The van der Waals surface area contributed by atoms with E-state index in [9.17, 15) is 9.18 Å². The van der Waals surface area contributed by atoms with Gasteiger partial charge in [0.1, 0.15) is 11.4 Å². The van der Waals surface area contributed by atoms with E-state index in [0.717, 1.165) is 18.5 Å². The largest absolute Gasteiger partial charge is 0.444 e. The summed E-state index contributed by atoms with van der Waals surface area (Å²) in [4.78, 5) is 11.6. The Morgan fingerprint density at radius 1 is 1.37 bits per heavy atom. The molecule has 0 saturated heterocycles. The highest BCUT2D eigenvalue weighted by atomic mass is 19.1. The van der Waals surface area contributed by atoms with Crippen molar-refractivity contribution in [3.05, 3.63) is 24.0 Å². The second-order valence-corrected chi connectivity index (χ2v) is 5.74. The first-order chi connectivity index (χ1) is 8.83. The Morgan fingerprint density at radius 3 is 2.63 bits per heavy atom. The molecule has 0 spiro atoms. The highest BCUT2D eigenvalue weighted by molar-refractivity contribution is 5.85. The zero-order valence-electron chi connectivity index (χ0n) is 11.4. The lowest BCUT2D eigenvalue weighted by molar-refractivity contribution is 0.0635. The summed E-state index contributed by atoms with van der Waals surface area (Å²) in [5.41, 5.74) is 0.319. The van der Waals surface area contributed by atoms with E-state index in [0.29, 0.717) is 6.04 Å². The van der Waals surface area contributed by atoms with Crippen molar-refractivity contribution in [3.8, 4) is 0 Å². The van der Waals surface area contributed by atoms with Gasteiger partial charge in [0.25, 0.3) is 0 Å². The predicted molar refractivity (Wildman–Crippen MR) is 72.9 cm³/mol. The van der Waals surface area contributed by atoms with Crippen LogP contribution in [-0.2, 0) is 4.74 Å². The molecule has 5 heteroatoms. The zero-order valence-corrected chi connectivity index (χ0v) is 11.4. The fourth-order valence-corrected chi connectivity index (χ4v) is 1.59. The molecule has 1 aliphatic rings. The van der Waals surface area contributed by atoms with E-state index in [2.05, 4.69) is 10.6 Å². The molecular formula is C14H19FN2O2. The third kappa shape index (κ3) is 4.43. The van der Waals surface area contributed by atoms with Gasteiger partial charge in [0.05, 0.1) is 5.69 Å². The molecule has 0 unspecified atom stereocenters. The Bertz CT molecular complexity index is 479. The number of anilines is 2. The highest BCUT2D eigenvalue weighted by Gasteiger charge is 2.21. The first kappa shape index (κ1) is 13.6. The normalized spacial score (nSPS) is 14.9. The van der Waals surface area contributed by atoms with Crippen LogP contribution in [0.25, 0.3) is 0 Å². The first-order valence-electron chi connectivity index (χ1n) is 6.39. The van der Waals surface area contributed by atoms with Gasteiger partial charge in [0.2, 0.25) is 0 Å². The molecule has 1 saturated carbocycles. The van der Waals surface area contributed by atoms with Crippen LogP contribution >= 0.6 is 0 Å². The molecule has 1 aromatic carbocycles. The summed E-state index contributed by atoms with van der Waals surface area (Å²) in [7, 11) is 0. The molecule has 19 heavy (non-hydrogen) atoms. The molecule has 4 nitrogen and oxygen atoms in total. The van der Waals surface area contributed by atoms with E-state index < -0.39 is 17.5 Å². The molecule has 0 bridgehead atoms. The minimum Gasteiger partial charge on any atom is -0.444 e. The minimum absolute atomic E-state index is 0.125. The van der Waals surface area contributed by atoms with E-state index >= 15 is 0 Å². The molecular weight excluding hydrogens is 247 g/mol. The maximum absolute atomic E-state index is 13.6. The van der Waals surface area contributed by atoms with Crippen molar-refractivity contribution in [2.24, 2.45) is 0 Å². The van der Waals surface area contributed by atoms with Gasteiger partial charge in [-0.2, -0.15) is 0 Å². The van der Waals surface area contributed by atoms with Crippen molar-refractivity contribution < 1.29 is 13.9 Å².